The van der Waals surface area contributed by atoms with E-state index in [1.165, 1.54) is 0 Å². The summed E-state index contributed by atoms with van der Waals surface area (Å²) >= 11 is 0. The third-order valence-corrected chi connectivity index (χ3v) is 3.52. The molecule has 0 bridgehead atoms. The first kappa shape index (κ1) is 13.1. The smallest absolute Gasteiger partial charge is 0.237 e. The molecule has 4 nitrogen and oxygen atoms in total. The maximum atomic E-state index is 12.1. The molecule has 1 heterocycles. The van der Waals surface area contributed by atoms with Crippen molar-refractivity contribution in [3.63, 3.8) is 0 Å². The van der Waals surface area contributed by atoms with E-state index in [4.69, 9.17) is 0 Å². The van der Waals surface area contributed by atoms with Gasteiger partial charge in [-0.15, -0.1) is 0 Å². The molecule has 3 unspecified atom stereocenters. The standard InChI is InChI=1S/C14H20N2O2/c1-10-7-8-15-13(10)14(18)16-12(9-17)11-5-3-2-4-6-11/h2-6,10,12-13,15,17H,7-9H2,1H3,(H,16,18). The van der Waals surface area contributed by atoms with E-state index >= 15 is 0 Å². The highest BCUT2D eigenvalue weighted by Gasteiger charge is 2.30. The van der Waals surface area contributed by atoms with Gasteiger partial charge in [0.25, 0.3) is 0 Å². The molecule has 3 atom stereocenters. The number of hydrogen-bond donors (Lipinski definition) is 3. The Balaban J connectivity index is 2.00. The molecule has 2 rings (SSSR count). The van der Waals surface area contributed by atoms with Gasteiger partial charge < -0.3 is 15.7 Å². The zero-order valence-electron chi connectivity index (χ0n) is 10.6. The fraction of sp³-hybridized carbons (Fsp3) is 0.500. The summed E-state index contributed by atoms with van der Waals surface area (Å²) in [5.74, 6) is 0.322. The van der Waals surface area contributed by atoms with Gasteiger partial charge in [-0.1, -0.05) is 37.3 Å². The molecule has 0 radical (unpaired) electrons. The molecule has 0 saturated carbocycles. The lowest BCUT2D eigenvalue weighted by Gasteiger charge is -2.21. The number of rotatable bonds is 4. The number of benzene rings is 1. The Morgan fingerprint density at radius 2 is 2.22 bits per heavy atom. The van der Waals surface area contributed by atoms with E-state index in [1.807, 2.05) is 30.3 Å². The second-order valence-corrected chi connectivity index (χ2v) is 4.85. The molecule has 1 aromatic carbocycles. The van der Waals surface area contributed by atoms with Crippen LogP contribution in [-0.2, 0) is 4.79 Å². The normalized spacial score (nSPS) is 24.8. The van der Waals surface area contributed by atoms with Crippen molar-refractivity contribution in [3.8, 4) is 0 Å². The number of hydrogen-bond acceptors (Lipinski definition) is 3. The van der Waals surface area contributed by atoms with Crippen molar-refractivity contribution in [2.45, 2.75) is 25.4 Å². The molecule has 1 aliphatic heterocycles. The predicted molar refractivity (Wildman–Crippen MR) is 70.0 cm³/mol. The van der Waals surface area contributed by atoms with Gasteiger partial charge >= 0.3 is 0 Å². The zero-order valence-corrected chi connectivity index (χ0v) is 10.6. The number of carbonyl (C=O) groups excluding carboxylic acids is 1. The molecule has 0 aliphatic carbocycles. The number of aliphatic hydroxyl groups is 1. The summed E-state index contributed by atoms with van der Waals surface area (Å²) in [5, 5.41) is 15.5. The molecular weight excluding hydrogens is 228 g/mol. The second kappa shape index (κ2) is 5.98. The first-order chi connectivity index (χ1) is 8.72. The van der Waals surface area contributed by atoms with Crippen LogP contribution in [0.4, 0.5) is 0 Å². The van der Waals surface area contributed by atoms with Gasteiger partial charge in [-0.25, -0.2) is 0 Å². The highest BCUT2D eigenvalue weighted by atomic mass is 16.3. The van der Waals surface area contributed by atoms with Crippen molar-refractivity contribution in [2.75, 3.05) is 13.2 Å². The molecular formula is C14H20N2O2. The second-order valence-electron chi connectivity index (χ2n) is 4.85. The van der Waals surface area contributed by atoms with E-state index in [-0.39, 0.29) is 24.6 Å². The van der Waals surface area contributed by atoms with Crippen molar-refractivity contribution < 1.29 is 9.90 Å². The highest BCUT2D eigenvalue weighted by molar-refractivity contribution is 5.82. The van der Waals surface area contributed by atoms with Crippen molar-refractivity contribution in [1.29, 1.82) is 0 Å². The molecule has 1 fully saturated rings. The molecule has 1 saturated heterocycles. The van der Waals surface area contributed by atoms with E-state index in [9.17, 15) is 9.90 Å². The van der Waals surface area contributed by atoms with Gasteiger partial charge in [-0.3, -0.25) is 4.79 Å². The summed E-state index contributed by atoms with van der Waals surface area (Å²) in [6, 6.07) is 9.08. The van der Waals surface area contributed by atoms with Gasteiger partial charge in [-0.05, 0) is 24.4 Å². The number of carbonyl (C=O) groups is 1. The van der Waals surface area contributed by atoms with Crippen molar-refractivity contribution in [3.05, 3.63) is 35.9 Å². The van der Waals surface area contributed by atoms with Crippen molar-refractivity contribution in [2.24, 2.45) is 5.92 Å². The first-order valence-corrected chi connectivity index (χ1v) is 6.42. The Morgan fingerprint density at radius 3 is 2.78 bits per heavy atom. The molecule has 3 N–H and O–H groups in total. The Labute approximate surface area is 107 Å². The molecule has 18 heavy (non-hydrogen) atoms. The maximum Gasteiger partial charge on any atom is 0.237 e. The third kappa shape index (κ3) is 2.89. The number of aliphatic hydroxyl groups excluding tert-OH is 1. The van der Waals surface area contributed by atoms with Gasteiger partial charge in [0.2, 0.25) is 5.91 Å². The van der Waals surface area contributed by atoms with Crippen LogP contribution in [0.3, 0.4) is 0 Å². The van der Waals surface area contributed by atoms with E-state index < -0.39 is 0 Å². The topological polar surface area (TPSA) is 61.4 Å². The Kier molecular flexibility index (Phi) is 4.33. The Bertz CT molecular complexity index is 394. The van der Waals surface area contributed by atoms with Crippen LogP contribution in [0.25, 0.3) is 0 Å². The van der Waals surface area contributed by atoms with Crippen LogP contribution in [0.1, 0.15) is 24.9 Å². The molecule has 1 amide bonds. The van der Waals surface area contributed by atoms with E-state index in [0.29, 0.717) is 5.92 Å². The van der Waals surface area contributed by atoms with Crippen LogP contribution >= 0.6 is 0 Å². The average Bonchev–Trinajstić information content (AvgIpc) is 2.83. The minimum Gasteiger partial charge on any atom is -0.394 e. The molecule has 1 aromatic rings. The van der Waals surface area contributed by atoms with E-state index in [1.54, 1.807) is 0 Å². The monoisotopic (exact) mass is 248 g/mol. The Morgan fingerprint density at radius 1 is 1.50 bits per heavy atom. The fourth-order valence-corrected chi connectivity index (χ4v) is 2.37. The van der Waals surface area contributed by atoms with Gasteiger partial charge in [0.05, 0.1) is 18.7 Å². The van der Waals surface area contributed by atoms with E-state index in [0.717, 1.165) is 18.5 Å². The third-order valence-electron chi connectivity index (χ3n) is 3.52. The molecule has 98 valence electrons. The first-order valence-electron chi connectivity index (χ1n) is 6.42. The van der Waals surface area contributed by atoms with Gasteiger partial charge in [-0.2, -0.15) is 0 Å². The van der Waals surface area contributed by atoms with Crippen molar-refractivity contribution >= 4 is 5.91 Å². The summed E-state index contributed by atoms with van der Waals surface area (Å²) in [7, 11) is 0. The van der Waals surface area contributed by atoms with Crippen LogP contribution < -0.4 is 10.6 Å². The minimum atomic E-state index is -0.326. The molecule has 4 heteroatoms. The van der Waals surface area contributed by atoms with Crippen LogP contribution in [0.15, 0.2) is 30.3 Å². The molecule has 0 aromatic heterocycles. The average molecular weight is 248 g/mol. The summed E-state index contributed by atoms with van der Waals surface area (Å²) in [5.41, 5.74) is 0.930. The van der Waals surface area contributed by atoms with Gasteiger partial charge in [0.15, 0.2) is 0 Å². The minimum absolute atomic E-state index is 0.0251. The van der Waals surface area contributed by atoms with Crippen LogP contribution in [0, 0.1) is 5.92 Å². The lowest BCUT2D eigenvalue weighted by atomic mass is 10.0. The highest BCUT2D eigenvalue weighted by Crippen LogP contribution is 2.17. The number of amides is 1. The Hall–Kier alpha value is -1.39. The molecule has 0 spiro atoms. The maximum absolute atomic E-state index is 12.1. The summed E-state index contributed by atoms with van der Waals surface area (Å²) in [4.78, 5) is 12.1. The lowest BCUT2D eigenvalue weighted by molar-refractivity contribution is -0.124. The predicted octanol–water partition coefficient (Wildman–Crippen LogP) is 0.834. The fourth-order valence-electron chi connectivity index (χ4n) is 2.37. The van der Waals surface area contributed by atoms with Crippen LogP contribution in [0.5, 0.6) is 0 Å². The summed E-state index contributed by atoms with van der Waals surface area (Å²) in [6.45, 7) is 2.87. The van der Waals surface area contributed by atoms with Gasteiger partial charge in [0, 0.05) is 0 Å². The molecule has 1 aliphatic rings. The van der Waals surface area contributed by atoms with Crippen molar-refractivity contribution in [1.82, 2.24) is 10.6 Å². The zero-order chi connectivity index (χ0) is 13.0. The summed E-state index contributed by atoms with van der Waals surface area (Å²) in [6.07, 6.45) is 1.02. The number of nitrogens with one attached hydrogen (secondary N) is 2. The lowest BCUT2D eigenvalue weighted by Crippen LogP contribution is -2.45. The summed E-state index contributed by atoms with van der Waals surface area (Å²) < 4.78 is 0. The van der Waals surface area contributed by atoms with E-state index in [2.05, 4.69) is 17.6 Å². The van der Waals surface area contributed by atoms with Crippen LogP contribution in [0.2, 0.25) is 0 Å². The quantitative estimate of drug-likeness (QED) is 0.740. The van der Waals surface area contributed by atoms with Crippen LogP contribution in [-0.4, -0.2) is 30.2 Å². The van der Waals surface area contributed by atoms with Gasteiger partial charge in [0.1, 0.15) is 0 Å². The largest absolute Gasteiger partial charge is 0.394 e. The SMILES string of the molecule is CC1CCNC1C(=O)NC(CO)c1ccccc1.